The lowest BCUT2D eigenvalue weighted by Crippen LogP contribution is -2.07. The van der Waals surface area contributed by atoms with Gasteiger partial charge in [0.15, 0.2) is 5.82 Å². The molecule has 0 fully saturated rings. The molecule has 3 nitrogen and oxygen atoms in total. The fourth-order valence-corrected chi connectivity index (χ4v) is 2.91. The molecule has 2 rings (SSSR count). The summed E-state index contributed by atoms with van der Waals surface area (Å²) in [5.41, 5.74) is 1.87. The molecule has 7 heteroatoms. The van der Waals surface area contributed by atoms with E-state index in [2.05, 4.69) is 26.3 Å². The molecule has 0 amide bonds. The van der Waals surface area contributed by atoms with Crippen LogP contribution >= 0.6 is 27.5 Å². The summed E-state index contributed by atoms with van der Waals surface area (Å²) < 4.78 is 29.2. The number of aromatic nitrogens is 2. The van der Waals surface area contributed by atoms with Gasteiger partial charge in [-0.2, -0.15) is 5.10 Å². The van der Waals surface area contributed by atoms with E-state index >= 15 is 0 Å². The van der Waals surface area contributed by atoms with Crippen LogP contribution in [0.25, 0.3) is 0 Å². The quantitative estimate of drug-likeness (QED) is 0.877. The second-order valence-electron chi connectivity index (χ2n) is 4.28. The molecule has 0 saturated carbocycles. The van der Waals surface area contributed by atoms with E-state index in [1.165, 1.54) is 0 Å². The Hall–Kier alpha value is -1.14. The topological polar surface area (TPSA) is 29.9 Å². The Kier molecular flexibility index (Phi) is 4.65. The average molecular weight is 365 g/mol. The van der Waals surface area contributed by atoms with Gasteiger partial charge in [-0.15, -0.1) is 0 Å². The Morgan fingerprint density at radius 3 is 2.65 bits per heavy atom. The minimum atomic E-state index is -0.719. The summed E-state index contributed by atoms with van der Waals surface area (Å²) in [4.78, 5) is 0. The second-order valence-corrected chi connectivity index (χ2v) is 5.48. The summed E-state index contributed by atoms with van der Waals surface area (Å²) in [7, 11) is 1.81. The summed E-state index contributed by atoms with van der Waals surface area (Å²) in [6.07, 6.45) is 0.792. The molecule has 0 saturated heterocycles. The van der Waals surface area contributed by atoms with Gasteiger partial charge in [-0.1, -0.05) is 18.5 Å². The number of nitrogens with one attached hydrogen (secondary N) is 1. The fraction of sp³-hybridized carbons (Fsp3) is 0.308. The van der Waals surface area contributed by atoms with Crippen molar-refractivity contribution in [2.24, 2.45) is 7.05 Å². The summed E-state index contributed by atoms with van der Waals surface area (Å²) in [5, 5.41) is 7.23. The molecule has 0 unspecified atom stereocenters. The third-order valence-corrected chi connectivity index (χ3v) is 4.16. The van der Waals surface area contributed by atoms with Crippen LogP contribution in [0.5, 0.6) is 0 Å². The van der Waals surface area contributed by atoms with Gasteiger partial charge in [-0.05, 0) is 28.4 Å². The molecular weight excluding hydrogens is 352 g/mol. The second kappa shape index (κ2) is 6.10. The maximum absolute atomic E-state index is 13.7. The van der Waals surface area contributed by atoms with Crippen molar-refractivity contribution in [3.8, 4) is 0 Å². The lowest BCUT2D eigenvalue weighted by molar-refractivity contribution is 0.584. The molecule has 1 aromatic heterocycles. The normalized spacial score (nSPS) is 10.9. The van der Waals surface area contributed by atoms with Crippen molar-refractivity contribution in [1.82, 2.24) is 9.78 Å². The van der Waals surface area contributed by atoms with Gasteiger partial charge in [0.05, 0.1) is 33.1 Å². The summed E-state index contributed by atoms with van der Waals surface area (Å²) in [5.74, 6) is -1.42. The van der Waals surface area contributed by atoms with Crippen LogP contribution < -0.4 is 5.32 Å². The molecule has 0 atom stereocenters. The summed E-state index contributed by atoms with van der Waals surface area (Å²) in [6, 6.07) is 1.87. The van der Waals surface area contributed by atoms with Crippen molar-refractivity contribution in [3.05, 3.63) is 44.7 Å². The number of nitrogens with zero attached hydrogens (tertiary/aromatic N) is 2. The van der Waals surface area contributed by atoms with E-state index in [9.17, 15) is 8.78 Å². The van der Waals surface area contributed by atoms with Crippen LogP contribution in [0.15, 0.2) is 16.6 Å². The smallest absolute Gasteiger partial charge is 0.150 e. The molecule has 0 spiro atoms. The Morgan fingerprint density at radius 1 is 1.40 bits per heavy atom. The highest BCUT2D eigenvalue weighted by atomic mass is 79.9. The predicted octanol–water partition coefficient (Wildman–Crippen LogP) is 4.29. The molecule has 1 aromatic carbocycles. The first-order chi connectivity index (χ1) is 9.43. The van der Waals surface area contributed by atoms with Crippen LogP contribution in [0.4, 0.5) is 14.5 Å². The standard InChI is InChI=1S/C13H13BrClF2N3/c1-3-10-12(14)11(20(2)19-10)6-18-13-8(15)4-7(16)5-9(13)17/h4-5,18H,3,6H2,1-2H3. The van der Waals surface area contributed by atoms with Gasteiger partial charge in [0.2, 0.25) is 0 Å². The Labute approximate surface area is 129 Å². The van der Waals surface area contributed by atoms with Gasteiger partial charge in [0, 0.05) is 13.1 Å². The van der Waals surface area contributed by atoms with Gasteiger partial charge in [-0.25, -0.2) is 8.78 Å². The Bertz CT molecular complexity index is 620. The van der Waals surface area contributed by atoms with Crippen LogP contribution in [0, 0.1) is 11.6 Å². The number of hydrogen-bond acceptors (Lipinski definition) is 2. The lowest BCUT2D eigenvalue weighted by atomic mass is 10.2. The maximum atomic E-state index is 13.7. The zero-order valence-electron chi connectivity index (χ0n) is 11.0. The zero-order chi connectivity index (χ0) is 14.9. The van der Waals surface area contributed by atoms with E-state index in [1.807, 2.05) is 14.0 Å². The highest BCUT2D eigenvalue weighted by Crippen LogP contribution is 2.28. The zero-order valence-corrected chi connectivity index (χ0v) is 13.3. The van der Waals surface area contributed by atoms with Crippen molar-refractivity contribution in [2.75, 3.05) is 5.32 Å². The van der Waals surface area contributed by atoms with Gasteiger partial charge in [0.25, 0.3) is 0 Å². The number of halogens is 4. The van der Waals surface area contributed by atoms with Crippen molar-refractivity contribution in [2.45, 2.75) is 19.9 Å². The van der Waals surface area contributed by atoms with Gasteiger partial charge in [0.1, 0.15) is 5.82 Å². The minimum absolute atomic E-state index is 0.0107. The molecule has 2 aromatic rings. The van der Waals surface area contributed by atoms with Crippen molar-refractivity contribution >= 4 is 33.2 Å². The van der Waals surface area contributed by atoms with E-state index in [0.29, 0.717) is 6.54 Å². The molecular formula is C13H13BrClF2N3. The number of anilines is 1. The summed E-state index contributed by atoms with van der Waals surface area (Å²) >= 11 is 9.31. The van der Waals surface area contributed by atoms with E-state index in [0.717, 1.165) is 34.4 Å². The average Bonchev–Trinajstić information content (AvgIpc) is 2.64. The van der Waals surface area contributed by atoms with Crippen LogP contribution in [-0.2, 0) is 20.0 Å². The highest BCUT2D eigenvalue weighted by Gasteiger charge is 2.14. The Balaban J connectivity index is 2.24. The number of rotatable bonds is 4. The first-order valence-electron chi connectivity index (χ1n) is 6.02. The van der Waals surface area contributed by atoms with E-state index in [-0.39, 0.29) is 10.7 Å². The predicted molar refractivity (Wildman–Crippen MR) is 79.0 cm³/mol. The van der Waals surface area contributed by atoms with Gasteiger partial charge >= 0.3 is 0 Å². The molecule has 0 aliphatic rings. The largest absolute Gasteiger partial charge is 0.376 e. The third-order valence-electron chi connectivity index (χ3n) is 2.94. The monoisotopic (exact) mass is 363 g/mol. The maximum Gasteiger partial charge on any atom is 0.150 e. The number of benzene rings is 1. The van der Waals surface area contributed by atoms with Crippen LogP contribution in [0.2, 0.25) is 5.02 Å². The molecule has 0 aliphatic heterocycles. The molecule has 1 heterocycles. The molecule has 108 valence electrons. The van der Waals surface area contributed by atoms with Gasteiger partial charge < -0.3 is 5.32 Å². The SMILES string of the molecule is CCc1nn(C)c(CNc2c(F)cc(F)cc2Cl)c1Br. The lowest BCUT2D eigenvalue weighted by Gasteiger charge is -2.10. The minimum Gasteiger partial charge on any atom is -0.376 e. The summed E-state index contributed by atoms with van der Waals surface area (Å²) in [6.45, 7) is 2.33. The molecule has 20 heavy (non-hydrogen) atoms. The van der Waals surface area contributed by atoms with Gasteiger partial charge in [-0.3, -0.25) is 4.68 Å². The number of hydrogen-bond donors (Lipinski definition) is 1. The first-order valence-corrected chi connectivity index (χ1v) is 7.19. The van der Waals surface area contributed by atoms with Crippen LogP contribution in [-0.4, -0.2) is 9.78 Å². The van der Waals surface area contributed by atoms with Crippen LogP contribution in [0.3, 0.4) is 0 Å². The van der Waals surface area contributed by atoms with Crippen molar-refractivity contribution in [3.63, 3.8) is 0 Å². The van der Waals surface area contributed by atoms with E-state index in [1.54, 1.807) is 4.68 Å². The third kappa shape index (κ3) is 2.96. The van der Waals surface area contributed by atoms with E-state index < -0.39 is 11.6 Å². The van der Waals surface area contributed by atoms with Crippen molar-refractivity contribution < 1.29 is 8.78 Å². The fourth-order valence-electron chi connectivity index (χ4n) is 1.90. The van der Waals surface area contributed by atoms with Crippen molar-refractivity contribution in [1.29, 1.82) is 0 Å². The molecule has 0 bridgehead atoms. The number of aryl methyl sites for hydroxylation is 2. The first kappa shape index (κ1) is 15.3. The molecule has 1 N–H and O–H groups in total. The Morgan fingerprint density at radius 2 is 2.10 bits per heavy atom. The highest BCUT2D eigenvalue weighted by molar-refractivity contribution is 9.10. The molecule has 0 radical (unpaired) electrons. The van der Waals surface area contributed by atoms with E-state index in [4.69, 9.17) is 11.6 Å². The molecule has 0 aliphatic carbocycles. The van der Waals surface area contributed by atoms with Crippen LogP contribution in [0.1, 0.15) is 18.3 Å².